The van der Waals surface area contributed by atoms with Crippen LogP contribution in [0.3, 0.4) is 0 Å². The van der Waals surface area contributed by atoms with Crippen molar-refractivity contribution in [3.8, 4) is 17.6 Å². The van der Waals surface area contributed by atoms with E-state index in [0.717, 1.165) is 35.4 Å². The van der Waals surface area contributed by atoms with E-state index in [-0.39, 0.29) is 45.6 Å². The quantitative estimate of drug-likeness (QED) is 0.0445. The predicted molar refractivity (Wildman–Crippen MR) is 274 cm³/mol. The van der Waals surface area contributed by atoms with Gasteiger partial charge in [0.15, 0.2) is 0 Å². The van der Waals surface area contributed by atoms with Crippen molar-refractivity contribution in [2.24, 2.45) is 5.92 Å². The first-order valence-corrected chi connectivity index (χ1v) is 27.4. The molecule has 2 heterocycles. The average molecular weight is 1000 g/mol. The van der Waals surface area contributed by atoms with Crippen LogP contribution in [0.5, 0.6) is 5.75 Å². The van der Waals surface area contributed by atoms with Gasteiger partial charge in [0.2, 0.25) is 0 Å². The normalized spacial score (nSPS) is 16.8. The number of hydrogen-bond donors (Lipinski definition) is 3. The summed E-state index contributed by atoms with van der Waals surface area (Å²) < 4.78 is 89.1. The molecular weight excluding hydrogens is 936 g/mol. The van der Waals surface area contributed by atoms with E-state index in [2.05, 4.69) is 98.4 Å². The molecule has 0 saturated carbocycles. The fourth-order valence-corrected chi connectivity index (χ4v) is 14.3. The van der Waals surface area contributed by atoms with E-state index in [1.54, 1.807) is 39.0 Å². The third-order valence-corrected chi connectivity index (χ3v) is 18.4. The maximum atomic E-state index is 14.2. The third-order valence-electron chi connectivity index (χ3n) is 12.2. The molecule has 6 rings (SSSR count). The minimum absolute atomic E-state index is 0.0110. The van der Waals surface area contributed by atoms with Crippen LogP contribution in [0, 0.1) is 22.5 Å². The maximum absolute atomic E-state index is 14.2. The number of alkyl halides is 3. The topological polar surface area (TPSA) is 139 Å². The molecule has 0 radical (unpaired) electrons. The minimum atomic E-state index is -4.57. The Labute approximate surface area is 412 Å². The lowest BCUT2D eigenvalue weighted by Gasteiger charge is -2.43. The summed E-state index contributed by atoms with van der Waals surface area (Å²) in [6.45, 7) is 14.0. The highest BCUT2D eigenvalue weighted by Crippen LogP contribution is 2.37. The van der Waals surface area contributed by atoms with Gasteiger partial charge in [-0.25, -0.2) is 13.8 Å². The van der Waals surface area contributed by atoms with Gasteiger partial charge < -0.3 is 38.5 Å². The van der Waals surface area contributed by atoms with Crippen molar-refractivity contribution < 1.29 is 45.9 Å². The summed E-state index contributed by atoms with van der Waals surface area (Å²) in [4.78, 5) is 16.8. The highest BCUT2D eigenvalue weighted by Gasteiger charge is 2.50. The number of carbonyl (C=O) groups excluding carboxylic acids is 1. The number of phenolic OH excluding ortho intramolecular Hbond substituents is 1. The maximum Gasteiger partial charge on any atom is 0.415 e. The van der Waals surface area contributed by atoms with Crippen molar-refractivity contribution >= 4 is 56.8 Å². The molecular formula is C53H68F3N5O7SSi. The monoisotopic (exact) mass is 1000 g/mol. The lowest BCUT2D eigenvalue weighted by Crippen LogP contribution is -2.66. The number of nitrogens with one attached hydrogen (secondary N) is 2. The number of anilines is 2. The molecule has 1 fully saturated rings. The molecule has 0 unspecified atom stereocenters. The number of likely N-dealkylation sites (tertiary alicyclic amines) is 1. The first kappa shape index (κ1) is 54.0. The molecule has 5 aromatic rings. The molecule has 1 saturated heterocycles. The van der Waals surface area contributed by atoms with Crippen LogP contribution in [-0.4, -0.2) is 117 Å². The number of aromatic hydroxyl groups is 1. The zero-order valence-corrected chi connectivity index (χ0v) is 43.3. The zero-order chi connectivity index (χ0) is 50.9. The van der Waals surface area contributed by atoms with E-state index in [4.69, 9.17) is 23.4 Å². The number of rotatable bonds is 18. The van der Waals surface area contributed by atoms with Crippen LogP contribution in [-0.2, 0) is 34.9 Å². The Morgan fingerprint density at radius 3 is 2.11 bits per heavy atom. The Morgan fingerprint density at radius 2 is 1.51 bits per heavy atom. The number of carbonyl (C=O) groups is 1. The second-order valence-electron chi connectivity index (χ2n) is 20.0. The van der Waals surface area contributed by atoms with E-state index in [1.807, 2.05) is 18.2 Å². The number of fused-ring (bicyclic) bond motifs is 1. The van der Waals surface area contributed by atoms with Crippen molar-refractivity contribution in [3.05, 3.63) is 109 Å². The molecule has 12 nitrogen and oxygen atoms in total. The number of piperidine rings is 1. The van der Waals surface area contributed by atoms with Crippen LogP contribution in [0.4, 0.5) is 29.3 Å². The number of phenols is 1. The molecule has 3 atom stereocenters. The fourth-order valence-electron chi connectivity index (χ4n) is 9.07. The Balaban J connectivity index is 1.12. The smallest absolute Gasteiger partial charge is 0.415 e. The lowest BCUT2D eigenvalue weighted by molar-refractivity contribution is -0.140. The van der Waals surface area contributed by atoms with Crippen LogP contribution in [0.15, 0.2) is 108 Å². The standard InChI is InChI=1S/C53H68F3N5O7SSi/c1-51(2,3)68-50(63)60(41-33-42(62)36-43(34-41)69(8,57)64)26-16-17-40-35-46-48(22-15-23-49(46)61(40)38-53(54,55)56)58-47-24-27-59(7)37-39(47)25-28-65-29-30-66-31-32-67-70(52(4,5)6,44-18-11-9-12-19-44)45-20-13-10-14-21-45/h9-15,18-23,33-36,39,47,57-58,62H,24-32,37-38H2,1-8H3/t39-,47-,69-/m1/s1. The molecule has 1 aliphatic rings. The summed E-state index contributed by atoms with van der Waals surface area (Å²) in [6, 6.07) is 31.6. The van der Waals surface area contributed by atoms with Gasteiger partial charge in [-0.2, -0.15) is 13.2 Å². The molecule has 1 amide bonds. The van der Waals surface area contributed by atoms with Crippen molar-refractivity contribution in [3.63, 3.8) is 0 Å². The Hall–Kier alpha value is -5.35. The molecule has 4 aromatic carbocycles. The minimum Gasteiger partial charge on any atom is -0.508 e. The zero-order valence-electron chi connectivity index (χ0n) is 41.5. The van der Waals surface area contributed by atoms with Gasteiger partial charge in [-0.05, 0) is 105 Å². The highest BCUT2D eigenvalue weighted by molar-refractivity contribution is 7.91. The third kappa shape index (κ3) is 14.2. The van der Waals surface area contributed by atoms with Crippen LogP contribution >= 0.6 is 0 Å². The summed E-state index contributed by atoms with van der Waals surface area (Å²) in [6.07, 6.45) is -2.68. The SMILES string of the molecule is CN1CC[C@@H](Nc2cccc3c2cc(C#CCN(C(=O)OC(C)(C)C)c2cc(O)cc([S@](C)(=N)=O)c2)n3CC(F)(F)F)[C@H](CCOCCOCCO[Si](c2ccccc2)(c2ccccc2)C(C)(C)C)C1. The van der Waals surface area contributed by atoms with Crippen molar-refractivity contribution in [2.45, 2.75) is 88.7 Å². The van der Waals surface area contributed by atoms with Gasteiger partial charge in [-0.1, -0.05) is 93.4 Å². The van der Waals surface area contributed by atoms with Gasteiger partial charge in [0, 0.05) is 42.6 Å². The van der Waals surface area contributed by atoms with Gasteiger partial charge in [0.25, 0.3) is 8.32 Å². The highest BCUT2D eigenvalue weighted by atomic mass is 32.2. The molecule has 378 valence electrons. The molecule has 3 N–H and O–H groups in total. The number of aromatic nitrogens is 1. The number of nitrogens with zero attached hydrogens (tertiary/aromatic N) is 3. The predicted octanol–water partition coefficient (Wildman–Crippen LogP) is 9.47. The van der Waals surface area contributed by atoms with Crippen molar-refractivity contribution in [1.29, 1.82) is 4.78 Å². The van der Waals surface area contributed by atoms with Crippen LogP contribution < -0.4 is 20.6 Å². The van der Waals surface area contributed by atoms with Crippen molar-refractivity contribution in [1.82, 2.24) is 9.47 Å². The van der Waals surface area contributed by atoms with Crippen LogP contribution in [0.25, 0.3) is 10.9 Å². The fraction of sp³-hybridized carbons (Fsp3) is 0.453. The van der Waals surface area contributed by atoms with E-state index in [9.17, 15) is 27.3 Å². The average Bonchev–Trinajstić information content (AvgIpc) is 3.61. The molecule has 0 bridgehead atoms. The second-order valence-corrected chi connectivity index (χ2v) is 26.4. The number of benzene rings is 4. The largest absolute Gasteiger partial charge is 0.508 e. The summed E-state index contributed by atoms with van der Waals surface area (Å²) in [5.74, 6) is 5.56. The second kappa shape index (κ2) is 22.8. The van der Waals surface area contributed by atoms with E-state index in [1.165, 1.54) is 34.8 Å². The van der Waals surface area contributed by atoms with Gasteiger partial charge in [0.1, 0.15) is 17.9 Å². The number of hydrogen-bond acceptors (Lipinski definition) is 10. The summed E-state index contributed by atoms with van der Waals surface area (Å²) >= 11 is 0. The molecule has 70 heavy (non-hydrogen) atoms. The first-order valence-electron chi connectivity index (χ1n) is 23.6. The first-order chi connectivity index (χ1) is 32.9. The number of ether oxygens (including phenoxy) is 3. The Morgan fingerprint density at radius 1 is 0.886 bits per heavy atom. The molecule has 1 aromatic heterocycles. The van der Waals surface area contributed by atoms with Crippen LogP contribution in [0.1, 0.15) is 60.1 Å². The molecule has 0 spiro atoms. The van der Waals surface area contributed by atoms with Crippen molar-refractivity contribution in [2.75, 3.05) is 76.2 Å². The van der Waals surface area contributed by atoms with Gasteiger partial charge in [-0.3, -0.25) is 4.90 Å². The van der Waals surface area contributed by atoms with E-state index >= 15 is 0 Å². The van der Waals surface area contributed by atoms with Gasteiger partial charge >= 0.3 is 12.3 Å². The number of amides is 1. The summed E-state index contributed by atoms with van der Waals surface area (Å²) in [7, 11) is -3.88. The molecule has 17 heteroatoms. The van der Waals surface area contributed by atoms with Gasteiger partial charge in [0.05, 0.1) is 64.5 Å². The van der Waals surface area contributed by atoms with E-state index in [0.29, 0.717) is 49.6 Å². The van der Waals surface area contributed by atoms with E-state index < -0.39 is 42.5 Å². The Kier molecular flexibility index (Phi) is 17.6. The molecule has 0 aliphatic carbocycles. The summed E-state index contributed by atoms with van der Waals surface area (Å²) in [5.41, 5.74) is 0.221. The lowest BCUT2D eigenvalue weighted by atomic mass is 9.89. The van der Waals surface area contributed by atoms with Crippen LogP contribution in [0.2, 0.25) is 5.04 Å². The summed E-state index contributed by atoms with van der Waals surface area (Å²) in [5, 5.41) is 17.0. The molecule has 1 aliphatic heterocycles. The van der Waals surface area contributed by atoms with Gasteiger partial charge in [-0.15, -0.1) is 0 Å². The Bertz CT molecular complexity index is 2670. The number of halogens is 3.